The molecule has 25 heavy (non-hydrogen) atoms. The Balaban J connectivity index is 1.98. The number of amides is 1. The van der Waals surface area contributed by atoms with Crippen molar-refractivity contribution in [2.45, 2.75) is 44.2 Å². The highest BCUT2D eigenvalue weighted by molar-refractivity contribution is 5.97. The Morgan fingerprint density at radius 3 is 2.40 bits per heavy atom. The van der Waals surface area contributed by atoms with Crippen LogP contribution in [0.5, 0.6) is 5.75 Å². The molecule has 0 bridgehead atoms. The van der Waals surface area contributed by atoms with Crippen molar-refractivity contribution in [3.8, 4) is 5.75 Å². The summed E-state index contributed by atoms with van der Waals surface area (Å²) < 4.78 is 6.18. The number of ether oxygens (including phenoxy) is 1. The molecule has 0 spiro atoms. The van der Waals surface area contributed by atoms with Crippen LogP contribution in [0.3, 0.4) is 0 Å². The van der Waals surface area contributed by atoms with E-state index in [9.17, 15) is 10.0 Å². The highest BCUT2D eigenvalue weighted by Gasteiger charge is 2.47. The SMILES string of the molecule is CC1(C)c2ccccc2O[C@](C)(C(=O)Nc2ccccc2)CC1NO. The maximum Gasteiger partial charge on any atom is 0.268 e. The van der Waals surface area contributed by atoms with Crippen LogP contribution in [-0.2, 0) is 10.2 Å². The van der Waals surface area contributed by atoms with Gasteiger partial charge in [-0.1, -0.05) is 50.2 Å². The third kappa shape index (κ3) is 3.25. The summed E-state index contributed by atoms with van der Waals surface area (Å²) in [6, 6.07) is 16.6. The molecule has 1 aliphatic rings. The molecule has 0 aromatic heterocycles. The Bertz CT molecular complexity index is 761. The van der Waals surface area contributed by atoms with Crippen LogP contribution in [0.25, 0.3) is 0 Å². The Morgan fingerprint density at radius 2 is 1.72 bits per heavy atom. The average Bonchev–Trinajstić information content (AvgIpc) is 2.69. The molecular formula is C20H24N2O3. The molecule has 0 aliphatic carbocycles. The van der Waals surface area contributed by atoms with Crippen molar-refractivity contribution in [1.82, 2.24) is 5.48 Å². The monoisotopic (exact) mass is 340 g/mol. The number of hydroxylamine groups is 1. The van der Waals surface area contributed by atoms with E-state index in [2.05, 4.69) is 10.8 Å². The normalized spacial score (nSPS) is 24.6. The first kappa shape index (κ1) is 17.5. The molecule has 1 heterocycles. The predicted molar refractivity (Wildman–Crippen MR) is 96.9 cm³/mol. The van der Waals surface area contributed by atoms with Gasteiger partial charge in [0.2, 0.25) is 0 Å². The lowest BCUT2D eigenvalue weighted by Crippen LogP contribution is -2.52. The third-order valence-corrected chi connectivity index (χ3v) is 5.05. The van der Waals surface area contributed by atoms with Gasteiger partial charge in [-0.3, -0.25) is 4.79 Å². The van der Waals surface area contributed by atoms with Crippen LogP contribution in [0.15, 0.2) is 54.6 Å². The molecule has 1 aliphatic heterocycles. The van der Waals surface area contributed by atoms with Gasteiger partial charge < -0.3 is 15.3 Å². The molecule has 2 aromatic rings. The number of hydrogen-bond acceptors (Lipinski definition) is 4. The summed E-state index contributed by atoms with van der Waals surface area (Å²) in [5.41, 5.74) is 2.52. The summed E-state index contributed by atoms with van der Waals surface area (Å²) in [5, 5.41) is 12.7. The van der Waals surface area contributed by atoms with E-state index in [1.54, 1.807) is 6.92 Å². The van der Waals surface area contributed by atoms with Crippen molar-refractivity contribution in [3.63, 3.8) is 0 Å². The average molecular weight is 340 g/mol. The van der Waals surface area contributed by atoms with E-state index in [4.69, 9.17) is 4.74 Å². The van der Waals surface area contributed by atoms with E-state index in [1.165, 1.54) is 0 Å². The number of carbonyl (C=O) groups is 1. The molecule has 132 valence electrons. The molecule has 2 atom stereocenters. The van der Waals surface area contributed by atoms with Gasteiger partial charge >= 0.3 is 0 Å². The van der Waals surface area contributed by atoms with Crippen LogP contribution >= 0.6 is 0 Å². The van der Waals surface area contributed by atoms with E-state index in [-0.39, 0.29) is 11.9 Å². The van der Waals surface area contributed by atoms with Crippen molar-refractivity contribution in [2.24, 2.45) is 0 Å². The topological polar surface area (TPSA) is 70.6 Å². The third-order valence-electron chi connectivity index (χ3n) is 5.05. The molecule has 3 rings (SSSR count). The highest BCUT2D eigenvalue weighted by Crippen LogP contribution is 2.42. The maximum atomic E-state index is 13.0. The van der Waals surface area contributed by atoms with Crippen LogP contribution < -0.4 is 15.5 Å². The summed E-state index contributed by atoms with van der Waals surface area (Å²) in [4.78, 5) is 13.0. The predicted octanol–water partition coefficient (Wildman–Crippen LogP) is 3.49. The molecule has 3 N–H and O–H groups in total. The van der Waals surface area contributed by atoms with Crippen molar-refractivity contribution < 1.29 is 14.7 Å². The van der Waals surface area contributed by atoms with Gasteiger partial charge in [0.05, 0.1) is 0 Å². The number of fused-ring (bicyclic) bond motifs is 1. The fourth-order valence-electron chi connectivity index (χ4n) is 3.34. The van der Waals surface area contributed by atoms with Gasteiger partial charge in [-0.05, 0) is 25.1 Å². The Morgan fingerprint density at radius 1 is 1.08 bits per heavy atom. The van der Waals surface area contributed by atoms with Crippen LogP contribution in [0, 0.1) is 0 Å². The standard InChI is InChI=1S/C20H24N2O3/c1-19(2)15-11-7-8-12-16(15)25-20(3,13-17(19)22-24)18(23)21-14-9-5-4-6-10-14/h4-12,17,22,24H,13H2,1-3H3,(H,21,23)/t17?,20-/m0/s1. The first-order valence-electron chi connectivity index (χ1n) is 8.41. The number of hydrogen-bond donors (Lipinski definition) is 3. The van der Waals surface area contributed by atoms with Crippen molar-refractivity contribution >= 4 is 11.6 Å². The lowest BCUT2D eigenvalue weighted by Gasteiger charge is -2.34. The Hall–Kier alpha value is -2.37. The van der Waals surface area contributed by atoms with Gasteiger partial charge in [-0.15, -0.1) is 0 Å². The summed E-state index contributed by atoms with van der Waals surface area (Å²) in [5.74, 6) is 0.419. The zero-order valence-electron chi connectivity index (χ0n) is 14.7. The number of rotatable bonds is 3. The van der Waals surface area contributed by atoms with Crippen molar-refractivity contribution in [2.75, 3.05) is 5.32 Å². The number of anilines is 1. The first-order chi connectivity index (χ1) is 11.9. The van der Waals surface area contributed by atoms with E-state index >= 15 is 0 Å². The fourth-order valence-corrected chi connectivity index (χ4v) is 3.34. The van der Waals surface area contributed by atoms with E-state index in [1.807, 2.05) is 68.4 Å². The highest BCUT2D eigenvalue weighted by atomic mass is 16.5. The second-order valence-electron chi connectivity index (χ2n) is 7.26. The summed E-state index contributed by atoms with van der Waals surface area (Å²) in [6.45, 7) is 5.82. The number of carbonyl (C=O) groups excluding carboxylic acids is 1. The van der Waals surface area contributed by atoms with Crippen LogP contribution in [-0.4, -0.2) is 22.8 Å². The molecule has 0 fully saturated rings. The van der Waals surface area contributed by atoms with Crippen molar-refractivity contribution in [3.05, 3.63) is 60.2 Å². The van der Waals surface area contributed by atoms with Gasteiger partial charge in [0.25, 0.3) is 5.91 Å². The second-order valence-corrected chi connectivity index (χ2v) is 7.26. The largest absolute Gasteiger partial charge is 0.477 e. The molecule has 1 unspecified atom stereocenters. The lowest BCUT2D eigenvalue weighted by molar-refractivity contribution is -0.131. The van der Waals surface area contributed by atoms with Gasteiger partial charge in [-0.25, -0.2) is 5.48 Å². The van der Waals surface area contributed by atoms with Gasteiger partial charge in [-0.2, -0.15) is 0 Å². The molecule has 2 aromatic carbocycles. The van der Waals surface area contributed by atoms with Crippen LogP contribution in [0.1, 0.15) is 32.8 Å². The second kappa shape index (κ2) is 6.50. The Labute approximate surface area is 148 Å². The number of para-hydroxylation sites is 2. The van der Waals surface area contributed by atoms with E-state index < -0.39 is 11.0 Å². The first-order valence-corrected chi connectivity index (χ1v) is 8.41. The van der Waals surface area contributed by atoms with Gasteiger partial charge in [0.15, 0.2) is 5.60 Å². The van der Waals surface area contributed by atoms with Crippen LogP contribution in [0.4, 0.5) is 5.69 Å². The van der Waals surface area contributed by atoms with E-state index in [0.29, 0.717) is 17.9 Å². The molecule has 1 amide bonds. The molecular weight excluding hydrogens is 316 g/mol. The quantitative estimate of drug-likeness (QED) is 0.748. The fraction of sp³-hybridized carbons (Fsp3) is 0.350. The van der Waals surface area contributed by atoms with E-state index in [0.717, 1.165) is 5.56 Å². The van der Waals surface area contributed by atoms with Gasteiger partial charge in [0.1, 0.15) is 5.75 Å². The zero-order valence-corrected chi connectivity index (χ0v) is 14.7. The number of benzene rings is 2. The zero-order chi connectivity index (χ0) is 18.1. The summed E-state index contributed by atoms with van der Waals surface area (Å²) in [6.07, 6.45) is 0.323. The van der Waals surface area contributed by atoms with Crippen molar-refractivity contribution in [1.29, 1.82) is 0 Å². The molecule has 0 radical (unpaired) electrons. The molecule has 0 saturated carbocycles. The minimum absolute atomic E-state index is 0.244. The smallest absolute Gasteiger partial charge is 0.268 e. The Kier molecular flexibility index (Phi) is 4.54. The summed E-state index contributed by atoms with van der Waals surface area (Å²) in [7, 11) is 0. The summed E-state index contributed by atoms with van der Waals surface area (Å²) >= 11 is 0. The molecule has 5 nitrogen and oxygen atoms in total. The van der Waals surface area contributed by atoms with Crippen LogP contribution in [0.2, 0.25) is 0 Å². The maximum absolute atomic E-state index is 13.0. The minimum Gasteiger partial charge on any atom is -0.477 e. The minimum atomic E-state index is -1.12. The van der Waals surface area contributed by atoms with Gasteiger partial charge in [0, 0.05) is 29.1 Å². The molecule has 0 saturated heterocycles. The number of nitrogens with one attached hydrogen (secondary N) is 2. The molecule has 5 heteroatoms. The lowest BCUT2D eigenvalue weighted by atomic mass is 9.75.